The third-order valence-corrected chi connectivity index (χ3v) is 4.61. The smallest absolute Gasteiger partial charge is 0.336 e. The van der Waals surface area contributed by atoms with Crippen molar-refractivity contribution in [3.8, 4) is 5.75 Å². The lowest BCUT2D eigenvalue weighted by Crippen LogP contribution is -2.17. The third kappa shape index (κ3) is 1.99. The molecule has 1 aromatic heterocycles. The Bertz CT molecular complexity index is 785. The fourth-order valence-electron chi connectivity index (χ4n) is 3.57. The molecule has 21 heavy (non-hydrogen) atoms. The first-order valence-corrected chi connectivity index (χ1v) is 7.65. The molecule has 108 valence electrons. The van der Waals surface area contributed by atoms with Gasteiger partial charge in [0.15, 0.2) is 0 Å². The molecule has 1 aromatic carbocycles. The minimum Gasteiger partial charge on any atom is -0.485 e. The summed E-state index contributed by atoms with van der Waals surface area (Å²) in [6.07, 6.45) is 9.06. The van der Waals surface area contributed by atoms with Crippen LogP contribution < -0.4 is 10.4 Å². The van der Waals surface area contributed by atoms with Crippen molar-refractivity contribution in [3.63, 3.8) is 0 Å². The van der Waals surface area contributed by atoms with Gasteiger partial charge in [-0.3, -0.25) is 0 Å². The Morgan fingerprint density at radius 3 is 3.05 bits per heavy atom. The van der Waals surface area contributed by atoms with Gasteiger partial charge in [-0.15, -0.1) is 0 Å². The van der Waals surface area contributed by atoms with Crippen LogP contribution in [0, 0.1) is 6.92 Å². The molecule has 1 aliphatic heterocycles. The van der Waals surface area contributed by atoms with Crippen LogP contribution in [0.25, 0.3) is 11.0 Å². The van der Waals surface area contributed by atoms with Gasteiger partial charge in [0.2, 0.25) is 0 Å². The largest absolute Gasteiger partial charge is 0.485 e. The zero-order valence-corrected chi connectivity index (χ0v) is 12.1. The predicted octanol–water partition coefficient (Wildman–Crippen LogP) is 4.08. The van der Waals surface area contributed by atoms with Crippen LogP contribution in [-0.2, 0) is 0 Å². The highest BCUT2D eigenvalue weighted by Gasteiger charge is 2.35. The van der Waals surface area contributed by atoms with Gasteiger partial charge in [-0.1, -0.05) is 12.5 Å². The molecule has 0 unspecified atom stereocenters. The van der Waals surface area contributed by atoms with E-state index >= 15 is 0 Å². The molecule has 0 saturated heterocycles. The maximum Gasteiger partial charge on any atom is 0.336 e. The summed E-state index contributed by atoms with van der Waals surface area (Å²) < 4.78 is 11.6. The highest BCUT2D eigenvalue weighted by molar-refractivity contribution is 5.86. The first-order chi connectivity index (χ1) is 10.2. The van der Waals surface area contributed by atoms with Crippen LogP contribution in [0.2, 0.25) is 0 Å². The number of aryl methyl sites for hydroxylation is 1. The van der Waals surface area contributed by atoms with Crippen molar-refractivity contribution in [2.24, 2.45) is 0 Å². The molecule has 0 bridgehead atoms. The van der Waals surface area contributed by atoms with Crippen molar-refractivity contribution < 1.29 is 9.15 Å². The van der Waals surface area contributed by atoms with Crippen molar-refractivity contribution in [2.75, 3.05) is 0 Å². The molecule has 3 nitrogen and oxygen atoms in total. The predicted molar refractivity (Wildman–Crippen MR) is 82.0 cm³/mol. The van der Waals surface area contributed by atoms with Crippen LogP contribution in [0.1, 0.15) is 42.7 Å². The quantitative estimate of drug-likeness (QED) is 0.540. The summed E-state index contributed by atoms with van der Waals surface area (Å²) in [5.41, 5.74) is 2.50. The molecule has 2 aliphatic rings. The first-order valence-electron chi connectivity index (χ1n) is 7.65. The van der Waals surface area contributed by atoms with Gasteiger partial charge in [0, 0.05) is 22.9 Å². The highest BCUT2D eigenvalue weighted by atomic mass is 16.5. The second-order valence-electron chi connectivity index (χ2n) is 6.00. The van der Waals surface area contributed by atoms with Crippen molar-refractivity contribution in [2.45, 2.75) is 44.6 Å². The summed E-state index contributed by atoms with van der Waals surface area (Å²) in [4.78, 5) is 11.8. The van der Waals surface area contributed by atoms with E-state index in [1.54, 1.807) is 6.07 Å². The molecule has 0 amide bonds. The molecule has 2 heterocycles. The molecule has 0 fully saturated rings. The summed E-state index contributed by atoms with van der Waals surface area (Å²) in [5, 5.41) is 1.02. The van der Waals surface area contributed by atoms with Crippen LogP contribution in [0.3, 0.4) is 0 Å². The SMILES string of the molecule is Cc1cc(=O)oc2c3c(ccc12)O[C@@H]1/C=C\CCCC[C@H]31. The monoisotopic (exact) mass is 282 g/mol. The average molecular weight is 282 g/mol. The first kappa shape index (κ1) is 12.7. The molecular weight excluding hydrogens is 264 g/mol. The number of ether oxygens (including phenoxy) is 1. The molecule has 0 N–H and O–H groups in total. The summed E-state index contributed by atoms with van der Waals surface area (Å²) in [7, 11) is 0. The van der Waals surface area contributed by atoms with Gasteiger partial charge in [0.25, 0.3) is 0 Å². The number of fused-ring (bicyclic) bond motifs is 5. The van der Waals surface area contributed by atoms with Crippen molar-refractivity contribution in [1.82, 2.24) is 0 Å². The number of benzene rings is 1. The molecule has 4 rings (SSSR count). The average Bonchev–Trinajstić information content (AvgIpc) is 2.76. The fourth-order valence-corrected chi connectivity index (χ4v) is 3.57. The summed E-state index contributed by atoms with van der Waals surface area (Å²) in [6.45, 7) is 1.96. The summed E-state index contributed by atoms with van der Waals surface area (Å²) in [6, 6.07) is 5.57. The van der Waals surface area contributed by atoms with E-state index in [2.05, 4.69) is 12.2 Å². The molecule has 0 radical (unpaired) electrons. The Labute approximate surface area is 123 Å². The van der Waals surface area contributed by atoms with Gasteiger partial charge in [0.1, 0.15) is 17.4 Å². The van der Waals surface area contributed by atoms with Gasteiger partial charge in [-0.05, 0) is 50.0 Å². The van der Waals surface area contributed by atoms with E-state index in [-0.39, 0.29) is 11.7 Å². The Morgan fingerprint density at radius 2 is 2.14 bits per heavy atom. The van der Waals surface area contributed by atoms with Gasteiger partial charge in [-0.2, -0.15) is 0 Å². The molecule has 2 atom stereocenters. The molecule has 2 aromatic rings. The molecule has 3 heteroatoms. The van der Waals surface area contributed by atoms with Crippen LogP contribution in [-0.4, -0.2) is 6.10 Å². The second kappa shape index (κ2) is 4.76. The topological polar surface area (TPSA) is 39.4 Å². The van der Waals surface area contributed by atoms with E-state index in [0.29, 0.717) is 5.92 Å². The standard InChI is InChI=1S/C18H18O3/c1-11-10-16(19)21-18-12(11)8-9-15-17(18)13-6-4-2-3-5-7-14(13)20-15/h5,7-10,13-14H,2-4,6H2,1H3/b7-5-/t13-,14+/m0/s1. The number of hydrogen-bond donors (Lipinski definition) is 0. The minimum absolute atomic E-state index is 0.0803. The number of hydrogen-bond acceptors (Lipinski definition) is 3. The van der Waals surface area contributed by atoms with Gasteiger partial charge in [0.05, 0.1) is 0 Å². The van der Waals surface area contributed by atoms with Gasteiger partial charge >= 0.3 is 5.63 Å². The fraction of sp³-hybridized carbons (Fsp3) is 0.389. The van der Waals surface area contributed by atoms with E-state index in [9.17, 15) is 4.79 Å². The van der Waals surface area contributed by atoms with Gasteiger partial charge < -0.3 is 9.15 Å². The van der Waals surface area contributed by atoms with Crippen LogP contribution in [0.4, 0.5) is 0 Å². The van der Waals surface area contributed by atoms with E-state index in [1.807, 2.05) is 19.1 Å². The molecule has 1 aliphatic carbocycles. The van der Waals surface area contributed by atoms with E-state index in [0.717, 1.165) is 40.7 Å². The van der Waals surface area contributed by atoms with E-state index in [1.165, 1.54) is 12.8 Å². The molecule has 0 saturated carbocycles. The van der Waals surface area contributed by atoms with E-state index < -0.39 is 0 Å². The van der Waals surface area contributed by atoms with Crippen molar-refractivity contribution in [3.05, 3.63) is 51.9 Å². The molecular formula is C18H18O3. The Kier molecular flexibility index (Phi) is 2.88. The van der Waals surface area contributed by atoms with Crippen LogP contribution in [0.5, 0.6) is 5.75 Å². The van der Waals surface area contributed by atoms with Crippen molar-refractivity contribution >= 4 is 11.0 Å². The Morgan fingerprint density at radius 1 is 1.24 bits per heavy atom. The Hall–Kier alpha value is -2.03. The zero-order chi connectivity index (χ0) is 14.4. The summed E-state index contributed by atoms with van der Waals surface area (Å²) in [5.74, 6) is 1.17. The van der Waals surface area contributed by atoms with Crippen LogP contribution in [0.15, 0.2) is 39.6 Å². The maximum atomic E-state index is 11.8. The van der Waals surface area contributed by atoms with Crippen molar-refractivity contribution in [1.29, 1.82) is 0 Å². The number of allylic oxidation sites excluding steroid dienone is 1. The second-order valence-corrected chi connectivity index (χ2v) is 6.00. The lowest BCUT2D eigenvalue weighted by molar-refractivity contribution is 0.245. The highest BCUT2D eigenvalue weighted by Crippen LogP contribution is 2.46. The maximum absolute atomic E-state index is 11.8. The lowest BCUT2D eigenvalue weighted by Gasteiger charge is -2.18. The third-order valence-electron chi connectivity index (χ3n) is 4.61. The Balaban J connectivity index is 1.96. The van der Waals surface area contributed by atoms with Gasteiger partial charge in [-0.25, -0.2) is 4.79 Å². The zero-order valence-electron chi connectivity index (χ0n) is 12.1. The van der Waals surface area contributed by atoms with E-state index in [4.69, 9.17) is 9.15 Å². The molecule has 0 spiro atoms. The summed E-state index contributed by atoms with van der Waals surface area (Å²) >= 11 is 0. The van der Waals surface area contributed by atoms with Crippen LogP contribution >= 0.6 is 0 Å². The lowest BCUT2D eigenvalue weighted by atomic mass is 9.87. The normalized spacial score (nSPS) is 25.6. The number of rotatable bonds is 0. The minimum atomic E-state index is -0.279.